The van der Waals surface area contributed by atoms with Crippen LogP contribution in [0.3, 0.4) is 0 Å². The summed E-state index contributed by atoms with van der Waals surface area (Å²) >= 11 is 1.34. The Morgan fingerprint density at radius 3 is 2.65 bits per heavy atom. The molecule has 3 heterocycles. The van der Waals surface area contributed by atoms with Crippen molar-refractivity contribution >= 4 is 33.3 Å². The van der Waals surface area contributed by atoms with E-state index in [-0.39, 0.29) is 17.1 Å². The average Bonchev–Trinajstić information content (AvgIpc) is 3.37. The summed E-state index contributed by atoms with van der Waals surface area (Å²) in [4.78, 5) is 28.5. The monoisotopic (exact) mass is 433 g/mol. The minimum absolute atomic E-state index is 0.0396. The van der Waals surface area contributed by atoms with Gasteiger partial charge >= 0.3 is 0 Å². The third-order valence-corrected chi connectivity index (χ3v) is 6.54. The van der Waals surface area contributed by atoms with E-state index in [1.807, 2.05) is 38.1 Å². The maximum atomic E-state index is 13.5. The summed E-state index contributed by atoms with van der Waals surface area (Å²) in [5.41, 5.74) is 1.19. The summed E-state index contributed by atoms with van der Waals surface area (Å²) in [7, 11) is 1.58. The van der Waals surface area contributed by atoms with E-state index in [2.05, 4.69) is 10.2 Å². The molecule has 0 saturated heterocycles. The van der Waals surface area contributed by atoms with Crippen LogP contribution in [0.4, 0.5) is 5.13 Å². The molecule has 7 nitrogen and oxygen atoms in total. The van der Waals surface area contributed by atoms with Crippen LogP contribution in [-0.2, 0) is 0 Å². The number of hydrogen-bond acceptors (Lipinski definition) is 7. The summed E-state index contributed by atoms with van der Waals surface area (Å²) in [5.74, 6) is 0.433. The predicted octanol–water partition coefficient (Wildman–Crippen LogP) is 4.53. The van der Waals surface area contributed by atoms with Gasteiger partial charge in [-0.05, 0) is 29.8 Å². The Bertz CT molecular complexity index is 1370. The van der Waals surface area contributed by atoms with E-state index in [0.717, 1.165) is 10.6 Å². The Hall–Kier alpha value is -3.52. The number of fused-ring (bicyclic) bond motifs is 2. The van der Waals surface area contributed by atoms with Crippen molar-refractivity contribution in [1.82, 2.24) is 10.2 Å². The fourth-order valence-electron chi connectivity index (χ4n) is 3.80. The molecule has 0 spiro atoms. The number of amides is 1. The van der Waals surface area contributed by atoms with Crippen molar-refractivity contribution in [2.24, 2.45) is 0 Å². The highest BCUT2D eigenvalue weighted by atomic mass is 32.1. The molecule has 0 fully saturated rings. The first-order valence-corrected chi connectivity index (χ1v) is 10.7. The van der Waals surface area contributed by atoms with E-state index in [4.69, 9.17) is 9.15 Å². The van der Waals surface area contributed by atoms with Crippen LogP contribution < -0.4 is 15.1 Å². The summed E-state index contributed by atoms with van der Waals surface area (Å²) in [6, 6.07) is 13.6. The molecule has 0 N–H and O–H groups in total. The lowest BCUT2D eigenvalue weighted by atomic mass is 9.98. The van der Waals surface area contributed by atoms with Gasteiger partial charge < -0.3 is 9.15 Å². The number of rotatable bonds is 4. The highest BCUT2D eigenvalue weighted by Gasteiger charge is 2.45. The van der Waals surface area contributed by atoms with Gasteiger partial charge in [0.2, 0.25) is 10.9 Å². The highest BCUT2D eigenvalue weighted by Crippen LogP contribution is 2.43. The molecule has 31 heavy (non-hydrogen) atoms. The van der Waals surface area contributed by atoms with Gasteiger partial charge in [0.25, 0.3) is 5.91 Å². The van der Waals surface area contributed by atoms with Crippen LogP contribution in [0.1, 0.15) is 52.5 Å². The SMILES string of the molecule is COc1cccc([C@@H]2c3c(oc4ccccc4c3=O)C(=O)N2c2nnc(C(C)C)s2)c1. The Kier molecular flexibility index (Phi) is 4.59. The van der Waals surface area contributed by atoms with Gasteiger partial charge in [0, 0.05) is 5.92 Å². The first kappa shape index (κ1) is 19.4. The van der Waals surface area contributed by atoms with Gasteiger partial charge in [0.1, 0.15) is 16.3 Å². The molecule has 0 bridgehead atoms. The third-order valence-electron chi connectivity index (χ3n) is 5.32. The molecular formula is C23H19N3O4S. The van der Waals surface area contributed by atoms with Crippen molar-refractivity contribution in [2.75, 3.05) is 12.0 Å². The Labute approximate surface area is 181 Å². The number of nitrogens with zero attached hydrogens (tertiary/aromatic N) is 3. The zero-order valence-corrected chi connectivity index (χ0v) is 18.0. The maximum absolute atomic E-state index is 13.5. The number of carbonyl (C=O) groups is 1. The van der Waals surface area contributed by atoms with Crippen LogP contribution in [0.25, 0.3) is 11.0 Å². The van der Waals surface area contributed by atoms with E-state index in [0.29, 0.717) is 27.4 Å². The Morgan fingerprint density at radius 2 is 1.90 bits per heavy atom. The first-order chi connectivity index (χ1) is 15.0. The zero-order chi connectivity index (χ0) is 21.7. The topological polar surface area (TPSA) is 85.5 Å². The van der Waals surface area contributed by atoms with Gasteiger partial charge in [-0.25, -0.2) is 0 Å². The normalized spacial score (nSPS) is 15.7. The van der Waals surface area contributed by atoms with Crippen molar-refractivity contribution in [3.8, 4) is 5.75 Å². The number of ether oxygens (including phenoxy) is 1. The van der Waals surface area contributed by atoms with E-state index in [1.165, 1.54) is 16.2 Å². The van der Waals surface area contributed by atoms with E-state index in [9.17, 15) is 9.59 Å². The maximum Gasteiger partial charge on any atom is 0.297 e. The lowest BCUT2D eigenvalue weighted by Crippen LogP contribution is -2.29. The molecule has 8 heteroatoms. The molecule has 0 radical (unpaired) electrons. The van der Waals surface area contributed by atoms with Gasteiger partial charge in [0.05, 0.1) is 24.1 Å². The van der Waals surface area contributed by atoms with E-state index in [1.54, 1.807) is 31.4 Å². The number of carbonyl (C=O) groups excluding carboxylic acids is 1. The van der Waals surface area contributed by atoms with E-state index >= 15 is 0 Å². The second kappa shape index (κ2) is 7.31. The largest absolute Gasteiger partial charge is 0.497 e. The zero-order valence-electron chi connectivity index (χ0n) is 17.2. The molecule has 1 amide bonds. The molecular weight excluding hydrogens is 414 g/mol. The minimum atomic E-state index is -0.689. The van der Waals surface area contributed by atoms with Crippen molar-refractivity contribution in [1.29, 1.82) is 0 Å². The molecule has 1 atom stereocenters. The van der Waals surface area contributed by atoms with Crippen molar-refractivity contribution in [2.45, 2.75) is 25.8 Å². The lowest BCUT2D eigenvalue weighted by molar-refractivity contribution is 0.0970. The van der Waals surface area contributed by atoms with Crippen LogP contribution in [-0.4, -0.2) is 23.2 Å². The lowest BCUT2D eigenvalue weighted by Gasteiger charge is -2.22. The van der Waals surface area contributed by atoms with Crippen LogP contribution in [0.15, 0.2) is 57.7 Å². The number of methoxy groups -OCH3 is 1. The van der Waals surface area contributed by atoms with Crippen molar-refractivity contribution in [3.63, 3.8) is 0 Å². The van der Waals surface area contributed by atoms with Gasteiger partial charge in [-0.2, -0.15) is 0 Å². The third kappa shape index (κ3) is 3.02. The van der Waals surface area contributed by atoms with Crippen LogP contribution in [0, 0.1) is 0 Å². The number of hydrogen-bond donors (Lipinski definition) is 0. The van der Waals surface area contributed by atoms with E-state index < -0.39 is 11.9 Å². The molecule has 4 aromatic rings. The predicted molar refractivity (Wildman–Crippen MR) is 118 cm³/mol. The summed E-state index contributed by atoms with van der Waals surface area (Å²) in [5, 5.41) is 10.2. The molecule has 5 rings (SSSR count). The fraction of sp³-hybridized carbons (Fsp3) is 0.217. The molecule has 2 aromatic heterocycles. The number of aromatic nitrogens is 2. The molecule has 156 valence electrons. The summed E-state index contributed by atoms with van der Waals surface area (Å²) in [6.07, 6.45) is 0. The molecule has 0 aliphatic carbocycles. The average molecular weight is 433 g/mol. The Balaban J connectivity index is 1.78. The quantitative estimate of drug-likeness (QED) is 0.470. The molecule has 1 aliphatic rings. The van der Waals surface area contributed by atoms with Gasteiger partial charge in [0.15, 0.2) is 5.43 Å². The van der Waals surface area contributed by atoms with Gasteiger partial charge in [-0.15, -0.1) is 10.2 Å². The first-order valence-electron chi connectivity index (χ1n) is 9.86. The minimum Gasteiger partial charge on any atom is -0.497 e. The van der Waals surface area contributed by atoms with Crippen LogP contribution >= 0.6 is 11.3 Å². The molecule has 0 saturated carbocycles. The summed E-state index contributed by atoms with van der Waals surface area (Å²) < 4.78 is 11.3. The van der Waals surface area contributed by atoms with Gasteiger partial charge in [-0.3, -0.25) is 14.5 Å². The fourth-order valence-corrected chi connectivity index (χ4v) is 4.67. The highest BCUT2D eigenvalue weighted by molar-refractivity contribution is 7.15. The molecule has 0 unspecified atom stereocenters. The van der Waals surface area contributed by atoms with Crippen LogP contribution in [0.5, 0.6) is 5.75 Å². The second-order valence-corrected chi connectivity index (χ2v) is 8.59. The second-order valence-electron chi connectivity index (χ2n) is 7.60. The summed E-state index contributed by atoms with van der Waals surface area (Å²) in [6.45, 7) is 4.03. The molecule has 1 aliphatic heterocycles. The molecule has 2 aromatic carbocycles. The standard InChI is InChI=1S/C23H19N3O4S/c1-12(2)21-24-25-23(31-21)26-18(13-7-6-8-14(11-13)29-3)17-19(27)15-9-4-5-10-16(15)30-20(17)22(26)28/h4-12,18H,1-3H3/t18-/m1/s1. The Morgan fingerprint density at radius 1 is 1.10 bits per heavy atom. The van der Waals surface area contributed by atoms with Crippen molar-refractivity contribution in [3.05, 3.63) is 80.6 Å². The van der Waals surface area contributed by atoms with Gasteiger partial charge in [-0.1, -0.05) is 49.4 Å². The number of para-hydroxylation sites is 1. The smallest absolute Gasteiger partial charge is 0.297 e. The number of anilines is 1. The number of benzene rings is 2. The van der Waals surface area contributed by atoms with Crippen LogP contribution in [0.2, 0.25) is 0 Å². The van der Waals surface area contributed by atoms with Crippen molar-refractivity contribution < 1.29 is 13.9 Å².